The number of hydrogen-bond acceptors (Lipinski definition) is 5. The van der Waals surface area contributed by atoms with Crippen molar-refractivity contribution in [3.8, 4) is 11.5 Å². The van der Waals surface area contributed by atoms with E-state index in [2.05, 4.69) is 0 Å². The Balaban J connectivity index is 0.00000288. The second kappa shape index (κ2) is 10.6. The number of ether oxygens (including phenoxy) is 2. The molecule has 0 radical (unpaired) electrons. The Labute approximate surface area is 191 Å². The third kappa shape index (κ3) is 5.49. The van der Waals surface area contributed by atoms with Gasteiger partial charge in [0, 0.05) is 17.5 Å². The Morgan fingerprint density at radius 3 is 2.52 bits per heavy atom. The van der Waals surface area contributed by atoms with Gasteiger partial charge in [-0.1, -0.05) is 11.6 Å². The number of hydrogen-bond donors (Lipinski definition) is 2. The first-order valence-corrected chi connectivity index (χ1v) is 7.32. The predicted molar refractivity (Wildman–Crippen MR) is 97.1 cm³/mol. The number of rotatable bonds is 6. The number of carboxylic acids is 1. The molecular formula is C17H22Na2O6. The van der Waals surface area contributed by atoms with Gasteiger partial charge < -0.3 is 19.7 Å². The number of aromatic hydroxyl groups is 1. The molecule has 0 fully saturated rings. The molecule has 1 aromatic carbocycles. The van der Waals surface area contributed by atoms with Crippen LogP contribution in [-0.4, -0.2) is 88.4 Å². The van der Waals surface area contributed by atoms with Gasteiger partial charge >= 0.3 is 71.1 Å². The van der Waals surface area contributed by atoms with Crippen LogP contribution in [0.25, 0.3) is 0 Å². The first-order chi connectivity index (χ1) is 10.9. The molecule has 0 unspecified atom stereocenters. The fraction of sp³-hybridized carbons (Fsp3) is 0.412. The van der Waals surface area contributed by atoms with Gasteiger partial charge in [-0.15, -0.1) is 0 Å². The molecule has 1 aliphatic rings. The number of carbonyl (C=O) groups is 2. The van der Waals surface area contributed by atoms with Crippen LogP contribution in [0.15, 0.2) is 11.6 Å². The Hall–Kier alpha value is -0.500. The number of carbonyl (C=O) groups excluding carboxylic acids is 1. The van der Waals surface area contributed by atoms with Crippen LogP contribution in [0.3, 0.4) is 0 Å². The van der Waals surface area contributed by atoms with Crippen molar-refractivity contribution in [2.45, 2.75) is 39.7 Å². The van der Waals surface area contributed by atoms with Crippen LogP contribution in [-0.2, 0) is 22.6 Å². The standard InChI is InChI=1S/C17H20O6.2Na.2H/c1-9(5-7-13(18)19)4-6-11-15(20)14-12(8-23-17(14)21)10(2)16(11)22-3;;;;/h4,20H,5-8H2,1-3H3,(H,18,19);;;;/b9-4+;;;;. The summed E-state index contributed by atoms with van der Waals surface area (Å²) in [5.41, 5.74) is 3.04. The molecule has 6 nitrogen and oxygen atoms in total. The number of aliphatic carboxylic acids is 1. The molecule has 1 aliphatic heterocycles. The summed E-state index contributed by atoms with van der Waals surface area (Å²) < 4.78 is 10.4. The average molecular weight is 368 g/mol. The van der Waals surface area contributed by atoms with E-state index in [0.717, 1.165) is 11.1 Å². The number of benzene rings is 1. The molecular weight excluding hydrogens is 346 g/mol. The minimum atomic E-state index is -0.853. The molecule has 0 saturated heterocycles. The molecule has 0 aromatic heterocycles. The molecule has 0 amide bonds. The molecule has 2 N–H and O–H groups in total. The fourth-order valence-corrected chi connectivity index (χ4v) is 2.71. The van der Waals surface area contributed by atoms with Gasteiger partial charge in [-0.3, -0.25) is 4.79 Å². The normalized spacial score (nSPS) is 12.6. The summed E-state index contributed by atoms with van der Waals surface area (Å²) in [5.74, 6) is -0.973. The van der Waals surface area contributed by atoms with Crippen LogP contribution >= 0.6 is 0 Å². The molecule has 0 atom stereocenters. The number of fused-ring (bicyclic) bond motifs is 1. The number of methoxy groups -OCH3 is 1. The van der Waals surface area contributed by atoms with Gasteiger partial charge in [-0.2, -0.15) is 0 Å². The molecule has 0 bridgehead atoms. The summed E-state index contributed by atoms with van der Waals surface area (Å²) in [5, 5.41) is 19.1. The van der Waals surface area contributed by atoms with Crippen molar-refractivity contribution < 1.29 is 29.3 Å². The molecule has 8 heteroatoms. The zero-order valence-corrected chi connectivity index (χ0v) is 13.4. The summed E-state index contributed by atoms with van der Waals surface area (Å²) in [6.45, 7) is 3.79. The number of phenols is 1. The second-order valence-corrected chi connectivity index (χ2v) is 5.56. The third-order valence-electron chi connectivity index (χ3n) is 4.04. The van der Waals surface area contributed by atoms with Crippen LogP contribution < -0.4 is 4.74 Å². The number of esters is 1. The first kappa shape index (κ1) is 24.5. The van der Waals surface area contributed by atoms with Crippen molar-refractivity contribution in [2.75, 3.05) is 7.11 Å². The molecule has 1 heterocycles. The first-order valence-electron chi connectivity index (χ1n) is 7.32. The van der Waals surface area contributed by atoms with Gasteiger partial charge in [0.05, 0.1) is 7.11 Å². The molecule has 2 rings (SSSR count). The number of cyclic esters (lactones) is 1. The average Bonchev–Trinajstić information content (AvgIpc) is 2.89. The minimum absolute atomic E-state index is 0. The zero-order valence-electron chi connectivity index (χ0n) is 13.4. The Morgan fingerprint density at radius 2 is 1.96 bits per heavy atom. The summed E-state index contributed by atoms with van der Waals surface area (Å²) in [7, 11) is 1.51. The van der Waals surface area contributed by atoms with Gasteiger partial charge in [0.15, 0.2) is 0 Å². The van der Waals surface area contributed by atoms with Gasteiger partial charge in [0.2, 0.25) is 0 Å². The van der Waals surface area contributed by atoms with Gasteiger partial charge in [0.1, 0.15) is 23.7 Å². The quantitative estimate of drug-likeness (QED) is 0.448. The van der Waals surface area contributed by atoms with Crippen LogP contribution in [0.5, 0.6) is 11.5 Å². The van der Waals surface area contributed by atoms with E-state index in [0.29, 0.717) is 29.7 Å². The van der Waals surface area contributed by atoms with Crippen LogP contribution in [0.4, 0.5) is 0 Å². The van der Waals surface area contributed by atoms with Crippen molar-refractivity contribution in [2.24, 2.45) is 0 Å². The molecule has 1 aromatic rings. The van der Waals surface area contributed by atoms with Crippen molar-refractivity contribution in [3.63, 3.8) is 0 Å². The van der Waals surface area contributed by atoms with Crippen molar-refractivity contribution in [1.29, 1.82) is 0 Å². The Kier molecular flexibility index (Phi) is 10.4. The van der Waals surface area contributed by atoms with E-state index in [1.54, 1.807) is 0 Å². The third-order valence-corrected chi connectivity index (χ3v) is 4.04. The van der Waals surface area contributed by atoms with E-state index in [9.17, 15) is 14.7 Å². The second-order valence-electron chi connectivity index (χ2n) is 5.56. The van der Waals surface area contributed by atoms with E-state index in [1.165, 1.54) is 7.11 Å². The summed E-state index contributed by atoms with van der Waals surface area (Å²) in [6.07, 6.45) is 2.68. The van der Waals surface area contributed by atoms with Crippen molar-refractivity contribution >= 4 is 71.1 Å². The van der Waals surface area contributed by atoms with Crippen LogP contribution in [0.2, 0.25) is 0 Å². The predicted octanol–water partition coefficient (Wildman–Crippen LogP) is 1.44. The van der Waals surface area contributed by atoms with Gasteiger partial charge in [-0.05, 0) is 32.3 Å². The van der Waals surface area contributed by atoms with Crippen LogP contribution in [0, 0.1) is 6.92 Å². The topological polar surface area (TPSA) is 93.1 Å². The van der Waals surface area contributed by atoms with Gasteiger partial charge in [0.25, 0.3) is 0 Å². The molecule has 0 aliphatic carbocycles. The van der Waals surface area contributed by atoms with Crippen molar-refractivity contribution in [1.82, 2.24) is 0 Å². The Morgan fingerprint density at radius 1 is 1.32 bits per heavy atom. The Bertz CT molecular complexity index is 697. The fourth-order valence-electron chi connectivity index (χ4n) is 2.71. The summed E-state index contributed by atoms with van der Waals surface area (Å²) >= 11 is 0. The van der Waals surface area contributed by atoms with E-state index in [-0.39, 0.29) is 83.5 Å². The van der Waals surface area contributed by atoms with Crippen LogP contribution in [0.1, 0.15) is 46.8 Å². The van der Waals surface area contributed by atoms with Crippen molar-refractivity contribution in [3.05, 3.63) is 33.9 Å². The molecule has 0 saturated carbocycles. The maximum absolute atomic E-state index is 11.8. The molecule has 128 valence electrons. The number of carboxylic acid groups (broad SMARTS) is 1. The number of allylic oxidation sites excluding steroid dienone is 2. The van der Waals surface area contributed by atoms with E-state index >= 15 is 0 Å². The SMILES string of the molecule is COc1c(C)c2c(c(O)c1C/C=C(\C)CCC(=O)O)C(=O)OC2.[NaH].[NaH]. The summed E-state index contributed by atoms with van der Waals surface area (Å²) in [4.78, 5) is 22.4. The number of phenolic OH excluding ortho intramolecular Hbond substituents is 1. The zero-order chi connectivity index (χ0) is 17.1. The van der Waals surface area contributed by atoms with Gasteiger partial charge in [-0.25, -0.2) is 4.79 Å². The maximum atomic E-state index is 11.8. The monoisotopic (exact) mass is 368 g/mol. The molecule has 0 spiro atoms. The van der Waals surface area contributed by atoms with E-state index in [4.69, 9.17) is 14.6 Å². The van der Waals surface area contributed by atoms with E-state index in [1.807, 2.05) is 19.9 Å². The summed E-state index contributed by atoms with van der Waals surface area (Å²) in [6, 6.07) is 0. The van der Waals surface area contributed by atoms with E-state index < -0.39 is 11.9 Å². The molecule has 25 heavy (non-hydrogen) atoms.